The summed E-state index contributed by atoms with van der Waals surface area (Å²) in [5, 5.41) is 0. The van der Waals surface area contributed by atoms with Gasteiger partial charge in [-0.05, 0) is 43.5 Å². The maximum Gasteiger partial charge on any atom is 0.235 e. The van der Waals surface area contributed by atoms with Crippen LogP contribution in [0.3, 0.4) is 0 Å². The Bertz CT molecular complexity index is 504. The second-order valence-corrected chi connectivity index (χ2v) is 7.22. The number of hydrogen-bond acceptors (Lipinski definition) is 3. The van der Waals surface area contributed by atoms with Crippen molar-refractivity contribution in [2.75, 3.05) is 17.1 Å². The fourth-order valence-corrected chi connectivity index (χ4v) is 3.96. The molecule has 0 bridgehead atoms. The standard InChI is InChI=1S/C12H16BrNO3S/c1-9-5-10(13)7-11(6-9)14-18(15,16)8-12-3-2-4-17-12/h5-7,12,14H,2-4,8H2,1H3. The van der Waals surface area contributed by atoms with Gasteiger partial charge in [0.1, 0.15) is 0 Å². The molecule has 0 aromatic heterocycles. The highest BCUT2D eigenvalue weighted by atomic mass is 79.9. The van der Waals surface area contributed by atoms with Crippen LogP contribution in [0.25, 0.3) is 0 Å². The molecule has 1 unspecified atom stereocenters. The minimum atomic E-state index is -3.35. The first-order chi connectivity index (χ1) is 8.44. The van der Waals surface area contributed by atoms with Crippen molar-refractivity contribution in [3.05, 3.63) is 28.2 Å². The van der Waals surface area contributed by atoms with Gasteiger partial charge in [0, 0.05) is 16.8 Å². The number of anilines is 1. The highest BCUT2D eigenvalue weighted by Gasteiger charge is 2.23. The van der Waals surface area contributed by atoms with Crippen molar-refractivity contribution in [2.45, 2.75) is 25.9 Å². The fourth-order valence-electron chi connectivity index (χ4n) is 2.04. The summed E-state index contributed by atoms with van der Waals surface area (Å²) in [6.07, 6.45) is 1.59. The van der Waals surface area contributed by atoms with E-state index in [2.05, 4.69) is 20.7 Å². The predicted molar refractivity (Wildman–Crippen MR) is 75.3 cm³/mol. The molecule has 0 spiro atoms. The van der Waals surface area contributed by atoms with E-state index in [-0.39, 0.29) is 11.9 Å². The molecular weight excluding hydrogens is 318 g/mol. The molecule has 1 aliphatic heterocycles. The first-order valence-corrected chi connectivity index (χ1v) is 8.28. The third-order valence-electron chi connectivity index (χ3n) is 2.74. The van der Waals surface area contributed by atoms with Crippen molar-refractivity contribution in [3.8, 4) is 0 Å². The second-order valence-electron chi connectivity index (χ2n) is 4.54. The second kappa shape index (κ2) is 5.59. The van der Waals surface area contributed by atoms with E-state index in [9.17, 15) is 8.42 Å². The molecule has 1 N–H and O–H groups in total. The molecule has 1 fully saturated rings. The molecule has 1 heterocycles. The Balaban J connectivity index is 2.06. The van der Waals surface area contributed by atoms with Crippen LogP contribution in [0, 0.1) is 6.92 Å². The van der Waals surface area contributed by atoms with Crippen LogP contribution in [0.15, 0.2) is 22.7 Å². The highest BCUT2D eigenvalue weighted by Crippen LogP contribution is 2.21. The largest absolute Gasteiger partial charge is 0.377 e. The van der Waals surface area contributed by atoms with E-state index in [1.807, 2.05) is 13.0 Å². The molecule has 1 saturated heterocycles. The normalized spacial score (nSPS) is 20.0. The van der Waals surface area contributed by atoms with E-state index >= 15 is 0 Å². The zero-order valence-electron chi connectivity index (χ0n) is 10.1. The van der Waals surface area contributed by atoms with Crippen LogP contribution in [-0.2, 0) is 14.8 Å². The lowest BCUT2D eigenvalue weighted by molar-refractivity contribution is 0.127. The van der Waals surface area contributed by atoms with Gasteiger partial charge in [-0.15, -0.1) is 0 Å². The third kappa shape index (κ3) is 3.96. The molecule has 0 saturated carbocycles. The average Bonchev–Trinajstić information content (AvgIpc) is 2.66. The van der Waals surface area contributed by atoms with E-state index in [0.717, 1.165) is 22.9 Å². The Kier molecular flexibility index (Phi) is 4.29. The molecule has 1 aliphatic rings. The van der Waals surface area contributed by atoms with Crippen LogP contribution in [0.1, 0.15) is 18.4 Å². The minimum absolute atomic E-state index is 0.0264. The SMILES string of the molecule is Cc1cc(Br)cc(NS(=O)(=O)CC2CCCO2)c1. The molecule has 0 aliphatic carbocycles. The van der Waals surface area contributed by atoms with Crippen LogP contribution in [0.5, 0.6) is 0 Å². The maximum absolute atomic E-state index is 12.0. The predicted octanol–water partition coefficient (Wildman–Crippen LogP) is 2.68. The van der Waals surface area contributed by atoms with Crippen molar-refractivity contribution in [1.82, 2.24) is 0 Å². The van der Waals surface area contributed by atoms with Crippen LogP contribution in [-0.4, -0.2) is 26.9 Å². The Hall–Kier alpha value is -0.590. The quantitative estimate of drug-likeness (QED) is 0.921. The summed E-state index contributed by atoms with van der Waals surface area (Å²) >= 11 is 3.35. The number of hydrogen-bond donors (Lipinski definition) is 1. The molecule has 0 amide bonds. The lowest BCUT2D eigenvalue weighted by Crippen LogP contribution is -2.25. The van der Waals surface area contributed by atoms with E-state index in [4.69, 9.17) is 4.74 Å². The Morgan fingerprint density at radius 2 is 2.22 bits per heavy atom. The van der Waals surface area contributed by atoms with Gasteiger partial charge in [-0.25, -0.2) is 8.42 Å². The van der Waals surface area contributed by atoms with Gasteiger partial charge in [-0.2, -0.15) is 0 Å². The van der Waals surface area contributed by atoms with Crippen LogP contribution >= 0.6 is 15.9 Å². The summed E-state index contributed by atoms with van der Waals surface area (Å²) in [4.78, 5) is 0. The Morgan fingerprint density at radius 3 is 2.83 bits per heavy atom. The molecule has 100 valence electrons. The number of ether oxygens (including phenoxy) is 1. The molecule has 0 radical (unpaired) electrons. The van der Waals surface area contributed by atoms with Crippen molar-refractivity contribution in [3.63, 3.8) is 0 Å². The monoisotopic (exact) mass is 333 g/mol. The van der Waals surface area contributed by atoms with Crippen LogP contribution in [0.4, 0.5) is 5.69 Å². The summed E-state index contributed by atoms with van der Waals surface area (Å²) in [5.41, 5.74) is 1.58. The summed E-state index contributed by atoms with van der Waals surface area (Å²) in [5.74, 6) is 0.0264. The maximum atomic E-state index is 12.0. The molecule has 1 aromatic carbocycles. The number of rotatable bonds is 4. The summed E-state index contributed by atoms with van der Waals surface area (Å²) in [6, 6.07) is 5.48. The first-order valence-electron chi connectivity index (χ1n) is 5.84. The van der Waals surface area contributed by atoms with Gasteiger partial charge in [0.15, 0.2) is 0 Å². The van der Waals surface area contributed by atoms with Crippen molar-refractivity contribution in [1.29, 1.82) is 0 Å². The van der Waals surface area contributed by atoms with Crippen molar-refractivity contribution < 1.29 is 13.2 Å². The number of benzene rings is 1. The van der Waals surface area contributed by atoms with Gasteiger partial charge in [0.2, 0.25) is 10.0 Å². The Labute approximate surface area is 116 Å². The van der Waals surface area contributed by atoms with Gasteiger partial charge >= 0.3 is 0 Å². The van der Waals surface area contributed by atoms with Crippen LogP contribution in [0.2, 0.25) is 0 Å². The van der Waals surface area contributed by atoms with Crippen LogP contribution < -0.4 is 4.72 Å². The summed E-state index contributed by atoms with van der Waals surface area (Å²) in [6.45, 7) is 2.58. The Morgan fingerprint density at radius 1 is 1.44 bits per heavy atom. The topological polar surface area (TPSA) is 55.4 Å². The fraction of sp³-hybridized carbons (Fsp3) is 0.500. The minimum Gasteiger partial charge on any atom is -0.377 e. The van der Waals surface area contributed by atoms with E-state index in [1.165, 1.54) is 0 Å². The molecule has 6 heteroatoms. The molecule has 1 atom stereocenters. The number of sulfonamides is 1. The number of halogens is 1. The average molecular weight is 334 g/mol. The van der Waals surface area contributed by atoms with Gasteiger partial charge < -0.3 is 4.74 Å². The van der Waals surface area contributed by atoms with Gasteiger partial charge in [-0.1, -0.05) is 15.9 Å². The lowest BCUT2D eigenvalue weighted by Gasteiger charge is -2.12. The molecule has 4 nitrogen and oxygen atoms in total. The zero-order chi connectivity index (χ0) is 13.2. The molecule has 2 rings (SSSR count). The van der Waals surface area contributed by atoms with E-state index in [0.29, 0.717) is 12.3 Å². The summed E-state index contributed by atoms with van der Waals surface area (Å²) < 4.78 is 32.7. The lowest BCUT2D eigenvalue weighted by atomic mass is 10.2. The first kappa shape index (κ1) is 13.8. The van der Waals surface area contributed by atoms with E-state index < -0.39 is 10.0 Å². The highest BCUT2D eigenvalue weighted by molar-refractivity contribution is 9.10. The number of nitrogens with one attached hydrogen (secondary N) is 1. The molecule has 1 aromatic rings. The third-order valence-corrected chi connectivity index (χ3v) is 4.56. The summed E-state index contributed by atoms with van der Waals surface area (Å²) in [7, 11) is -3.35. The van der Waals surface area contributed by atoms with E-state index in [1.54, 1.807) is 12.1 Å². The van der Waals surface area contributed by atoms with Crippen molar-refractivity contribution in [2.24, 2.45) is 0 Å². The van der Waals surface area contributed by atoms with Gasteiger partial charge in [0.05, 0.1) is 11.9 Å². The molecule has 18 heavy (non-hydrogen) atoms. The van der Waals surface area contributed by atoms with Gasteiger partial charge in [0.25, 0.3) is 0 Å². The zero-order valence-corrected chi connectivity index (χ0v) is 12.6. The smallest absolute Gasteiger partial charge is 0.235 e. The number of aryl methyl sites for hydroxylation is 1. The molecular formula is C12H16BrNO3S. The van der Waals surface area contributed by atoms with Crippen molar-refractivity contribution >= 4 is 31.6 Å². The van der Waals surface area contributed by atoms with Gasteiger partial charge in [-0.3, -0.25) is 4.72 Å².